The molecule has 0 spiro atoms. The summed E-state index contributed by atoms with van der Waals surface area (Å²) in [5.74, 6) is 0.504. The molecule has 2 heterocycles. The highest BCUT2D eigenvalue weighted by molar-refractivity contribution is 5.59. The van der Waals surface area contributed by atoms with Crippen LogP contribution in [0.4, 0.5) is 5.69 Å². The zero-order valence-corrected chi connectivity index (χ0v) is 14.9. The molecule has 0 unspecified atom stereocenters. The molecule has 0 radical (unpaired) electrons. The van der Waals surface area contributed by atoms with Crippen LogP contribution in [0.5, 0.6) is 0 Å². The molecule has 2 aromatic carbocycles. The van der Waals surface area contributed by atoms with E-state index < -0.39 is 0 Å². The van der Waals surface area contributed by atoms with Gasteiger partial charge in [-0.2, -0.15) is 0 Å². The van der Waals surface area contributed by atoms with E-state index in [9.17, 15) is 0 Å². The fourth-order valence-corrected chi connectivity index (χ4v) is 4.13. The highest BCUT2D eigenvalue weighted by Gasteiger charge is 2.40. The van der Waals surface area contributed by atoms with Crippen molar-refractivity contribution in [1.82, 2.24) is 0 Å². The Morgan fingerprint density at radius 1 is 1.04 bits per heavy atom. The van der Waals surface area contributed by atoms with Crippen LogP contribution in [0.15, 0.2) is 48.5 Å². The van der Waals surface area contributed by atoms with Crippen molar-refractivity contribution < 1.29 is 4.74 Å². The van der Waals surface area contributed by atoms with Crippen LogP contribution in [0.25, 0.3) is 0 Å². The van der Waals surface area contributed by atoms with Crippen molar-refractivity contribution in [1.29, 1.82) is 0 Å². The van der Waals surface area contributed by atoms with Crippen molar-refractivity contribution in [3.05, 3.63) is 65.2 Å². The summed E-state index contributed by atoms with van der Waals surface area (Å²) < 4.78 is 6.29. The Hall–Kier alpha value is -1.80. The van der Waals surface area contributed by atoms with Gasteiger partial charge in [-0.1, -0.05) is 63.2 Å². The Labute approximate surface area is 145 Å². The standard InChI is InChI=1S/C22H27NO/c1-22(2,3)16-11-12-19-18(14-16)21-17(10-7-13-24-21)20(23-19)15-8-5-4-6-9-15/h4-6,8-9,11-12,14,17,20-21,23H,7,10,13H2,1-3H3/t17-,20-,21-/m1/s1. The van der Waals surface area contributed by atoms with Crippen LogP contribution in [-0.4, -0.2) is 6.61 Å². The van der Waals surface area contributed by atoms with Crippen molar-refractivity contribution in [2.75, 3.05) is 11.9 Å². The molecule has 1 fully saturated rings. The third kappa shape index (κ3) is 2.73. The maximum atomic E-state index is 6.29. The third-order valence-electron chi connectivity index (χ3n) is 5.49. The molecule has 2 aliphatic rings. The van der Waals surface area contributed by atoms with E-state index in [4.69, 9.17) is 4.74 Å². The lowest BCUT2D eigenvalue weighted by atomic mass is 9.76. The minimum atomic E-state index is 0.162. The fourth-order valence-electron chi connectivity index (χ4n) is 4.13. The highest BCUT2D eigenvalue weighted by Crippen LogP contribution is 2.49. The Morgan fingerprint density at radius 2 is 1.83 bits per heavy atom. The van der Waals surface area contributed by atoms with Gasteiger partial charge in [0.2, 0.25) is 0 Å². The number of fused-ring (bicyclic) bond motifs is 3. The first kappa shape index (κ1) is 15.7. The van der Waals surface area contributed by atoms with Crippen LogP contribution in [0.1, 0.15) is 62.4 Å². The number of nitrogens with one attached hydrogen (secondary N) is 1. The van der Waals surface area contributed by atoms with Crippen molar-refractivity contribution in [3.8, 4) is 0 Å². The molecule has 24 heavy (non-hydrogen) atoms. The predicted octanol–water partition coefficient (Wildman–Crippen LogP) is 5.62. The lowest BCUT2D eigenvalue weighted by molar-refractivity contribution is -0.0382. The number of rotatable bonds is 1. The first-order chi connectivity index (χ1) is 11.5. The Balaban J connectivity index is 1.77. The quantitative estimate of drug-likeness (QED) is 0.736. The van der Waals surface area contributed by atoms with E-state index in [1.807, 2.05) is 0 Å². The average Bonchev–Trinajstić information content (AvgIpc) is 2.60. The molecule has 2 heteroatoms. The first-order valence-corrected chi connectivity index (χ1v) is 9.11. The zero-order chi connectivity index (χ0) is 16.7. The minimum Gasteiger partial charge on any atom is -0.378 e. The van der Waals surface area contributed by atoms with Crippen molar-refractivity contribution in [2.45, 2.75) is 51.2 Å². The van der Waals surface area contributed by atoms with Crippen LogP contribution in [-0.2, 0) is 10.2 Å². The van der Waals surface area contributed by atoms with Crippen molar-refractivity contribution >= 4 is 5.69 Å². The third-order valence-corrected chi connectivity index (χ3v) is 5.49. The van der Waals surface area contributed by atoms with Gasteiger partial charge in [0.05, 0.1) is 12.1 Å². The van der Waals surface area contributed by atoms with Gasteiger partial charge < -0.3 is 10.1 Å². The van der Waals surface area contributed by atoms with Gasteiger partial charge in [-0.15, -0.1) is 0 Å². The Bertz CT molecular complexity index is 716. The summed E-state index contributed by atoms with van der Waals surface area (Å²) in [5, 5.41) is 3.81. The van der Waals surface area contributed by atoms with Gasteiger partial charge in [0, 0.05) is 23.8 Å². The van der Waals surface area contributed by atoms with Crippen molar-refractivity contribution in [2.24, 2.45) is 5.92 Å². The molecule has 2 aromatic rings. The second-order valence-electron chi connectivity index (χ2n) is 8.18. The lowest BCUT2D eigenvalue weighted by Crippen LogP contribution is -2.36. The lowest BCUT2D eigenvalue weighted by Gasteiger charge is -2.44. The molecule has 4 rings (SSSR count). The number of hydrogen-bond acceptors (Lipinski definition) is 2. The molecule has 1 saturated heterocycles. The van der Waals surface area contributed by atoms with E-state index in [1.54, 1.807) is 0 Å². The SMILES string of the molecule is CC(C)(C)c1ccc2c(c1)[C@@H]1OCCC[C@@H]1[C@@H](c1ccccc1)N2. The molecule has 126 valence electrons. The first-order valence-electron chi connectivity index (χ1n) is 9.11. The maximum absolute atomic E-state index is 6.29. The van der Waals surface area contributed by atoms with E-state index in [0.717, 1.165) is 13.0 Å². The molecule has 3 atom stereocenters. The molecule has 0 aliphatic carbocycles. The fraction of sp³-hybridized carbons (Fsp3) is 0.455. The number of ether oxygens (including phenoxy) is 1. The van der Waals surface area contributed by atoms with Gasteiger partial charge in [-0.05, 0) is 35.4 Å². The van der Waals surface area contributed by atoms with Gasteiger partial charge in [0.15, 0.2) is 0 Å². The molecule has 0 bridgehead atoms. The second-order valence-corrected chi connectivity index (χ2v) is 8.18. The molecular formula is C22H27NO. The predicted molar refractivity (Wildman–Crippen MR) is 99.4 cm³/mol. The second kappa shape index (κ2) is 5.93. The van der Waals surface area contributed by atoms with Gasteiger partial charge in [0.1, 0.15) is 0 Å². The monoisotopic (exact) mass is 321 g/mol. The van der Waals surface area contributed by atoms with Crippen LogP contribution in [0, 0.1) is 5.92 Å². The minimum absolute atomic E-state index is 0.162. The smallest absolute Gasteiger partial charge is 0.0895 e. The summed E-state index contributed by atoms with van der Waals surface area (Å²) in [7, 11) is 0. The maximum Gasteiger partial charge on any atom is 0.0895 e. The van der Waals surface area contributed by atoms with E-state index in [1.165, 1.54) is 28.8 Å². The van der Waals surface area contributed by atoms with Gasteiger partial charge in [-0.25, -0.2) is 0 Å². The Morgan fingerprint density at radius 3 is 2.58 bits per heavy atom. The van der Waals surface area contributed by atoms with Gasteiger partial charge >= 0.3 is 0 Å². The van der Waals surface area contributed by atoms with Crippen LogP contribution < -0.4 is 5.32 Å². The highest BCUT2D eigenvalue weighted by atomic mass is 16.5. The summed E-state index contributed by atoms with van der Waals surface area (Å²) in [4.78, 5) is 0. The van der Waals surface area contributed by atoms with E-state index >= 15 is 0 Å². The summed E-state index contributed by atoms with van der Waals surface area (Å²) >= 11 is 0. The van der Waals surface area contributed by atoms with Crippen LogP contribution in [0.3, 0.4) is 0 Å². The zero-order valence-electron chi connectivity index (χ0n) is 14.9. The molecule has 2 nitrogen and oxygen atoms in total. The molecule has 0 aromatic heterocycles. The van der Waals surface area contributed by atoms with Gasteiger partial charge in [0.25, 0.3) is 0 Å². The van der Waals surface area contributed by atoms with Crippen molar-refractivity contribution in [3.63, 3.8) is 0 Å². The largest absolute Gasteiger partial charge is 0.378 e. The summed E-state index contributed by atoms with van der Waals surface area (Å²) in [6, 6.07) is 18.0. The van der Waals surface area contributed by atoms with Crippen LogP contribution >= 0.6 is 0 Å². The molecule has 0 amide bonds. The summed E-state index contributed by atoms with van der Waals surface area (Å²) in [6.45, 7) is 7.70. The number of anilines is 1. The molecule has 1 N–H and O–H groups in total. The molecule has 0 saturated carbocycles. The Kier molecular flexibility index (Phi) is 3.88. The topological polar surface area (TPSA) is 21.3 Å². The summed E-state index contributed by atoms with van der Waals surface area (Å²) in [6.07, 6.45) is 2.58. The molecule has 2 aliphatic heterocycles. The number of hydrogen-bond donors (Lipinski definition) is 1. The van der Waals surface area contributed by atoms with Crippen LogP contribution in [0.2, 0.25) is 0 Å². The van der Waals surface area contributed by atoms with E-state index in [2.05, 4.69) is 74.6 Å². The van der Waals surface area contributed by atoms with E-state index in [0.29, 0.717) is 12.0 Å². The normalized spacial score (nSPS) is 26.2. The average molecular weight is 321 g/mol. The molecular weight excluding hydrogens is 294 g/mol. The number of benzene rings is 2. The van der Waals surface area contributed by atoms with Gasteiger partial charge in [-0.3, -0.25) is 0 Å². The van der Waals surface area contributed by atoms with E-state index in [-0.39, 0.29) is 11.5 Å². The summed E-state index contributed by atoms with van der Waals surface area (Å²) in [5.41, 5.74) is 5.49.